The van der Waals surface area contributed by atoms with Crippen LogP contribution in [0.25, 0.3) is 0 Å². The van der Waals surface area contributed by atoms with E-state index in [0.717, 1.165) is 60.5 Å². The van der Waals surface area contributed by atoms with Crippen molar-refractivity contribution in [3.63, 3.8) is 0 Å². The van der Waals surface area contributed by atoms with Gasteiger partial charge in [0.2, 0.25) is 5.91 Å². The van der Waals surface area contributed by atoms with E-state index in [-0.39, 0.29) is 17.2 Å². The number of likely N-dealkylation sites (tertiary alicyclic amines) is 2. The normalized spacial score (nSPS) is 18.2. The second-order valence-corrected chi connectivity index (χ2v) is 8.94. The van der Waals surface area contributed by atoms with Gasteiger partial charge in [0.15, 0.2) is 0 Å². The third-order valence-corrected chi connectivity index (χ3v) is 6.52. The molecule has 158 valence electrons. The first-order valence-corrected chi connectivity index (χ1v) is 10.7. The summed E-state index contributed by atoms with van der Waals surface area (Å²) in [5, 5.41) is 0. The number of carbonyl (C=O) groups excluding carboxylic acids is 2. The zero-order chi connectivity index (χ0) is 21.3. The molecule has 1 spiro atoms. The summed E-state index contributed by atoms with van der Waals surface area (Å²) in [5.41, 5.74) is 4.11. The number of rotatable bonds is 4. The van der Waals surface area contributed by atoms with Crippen molar-refractivity contribution in [2.24, 2.45) is 5.41 Å². The first-order chi connectivity index (χ1) is 14.4. The third-order valence-electron chi connectivity index (χ3n) is 6.52. The number of hydrogen-bond acceptors (Lipinski definition) is 3. The van der Waals surface area contributed by atoms with E-state index in [4.69, 9.17) is 4.74 Å². The van der Waals surface area contributed by atoms with E-state index >= 15 is 0 Å². The van der Waals surface area contributed by atoms with Crippen molar-refractivity contribution in [2.45, 2.75) is 39.7 Å². The Morgan fingerprint density at radius 2 is 1.67 bits per heavy atom. The highest BCUT2D eigenvalue weighted by molar-refractivity contribution is 5.94. The molecule has 30 heavy (non-hydrogen) atoms. The Morgan fingerprint density at radius 3 is 2.27 bits per heavy atom. The Bertz CT molecular complexity index is 923. The highest BCUT2D eigenvalue weighted by Crippen LogP contribution is 2.41. The molecule has 2 aliphatic rings. The van der Waals surface area contributed by atoms with Crippen molar-refractivity contribution < 1.29 is 14.3 Å². The van der Waals surface area contributed by atoms with Crippen molar-refractivity contribution >= 4 is 11.8 Å². The fourth-order valence-electron chi connectivity index (χ4n) is 4.88. The van der Waals surface area contributed by atoms with E-state index in [0.29, 0.717) is 13.0 Å². The van der Waals surface area contributed by atoms with Gasteiger partial charge in [-0.05, 0) is 56.5 Å². The molecule has 0 atom stereocenters. The summed E-state index contributed by atoms with van der Waals surface area (Å²) in [4.78, 5) is 29.6. The van der Waals surface area contributed by atoms with Gasteiger partial charge in [-0.3, -0.25) is 9.59 Å². The summed E-state index contributed by atoms with van der Waals surface area (Å²) in [6.45, 7) is 6.90. The molecule has 2 saturated heterocycles. The molecule has 0 N–H and O–H groups in total. The van der Waals surface area contributed by atoms with Gasteiger partial charge < -0.3 is 14.5 Å². The van der Waals surface area contributed by atoms with E-state index in [2.05, 4.69) is 6.07 Å². The van der Waals surface area contributed by atoms with Crippen LogP contribution in [0.4, 0.5) is 0 Å². The maximum atomic E-state index is 13.0. The van der Waals surface area contributed by atoms with Crippen molar-refractivity contribution in [1.82, 2.24) is 9.80 Å². The lowest BCUT2D eigenvalue weighted by Gasteiger charge is -2.39. The number of benzene rings is 2. The van der Waals surface area contributed by atoms with Crippen LogP contribution < -0.4 is 4.74 Å². The van der Waals surface area contributed by atoms with Gasteiger partial charge in [-0.15, -0.1) is 0 Å². The van der Waals surface area contributed by atoms with E-state index in [1.165, 1.54) is 0 Å². The van der Waals surface area contributed by atoms with Crippen molar-refractivity contribution in [3.05, 3.63) is 64.7 Å². The molecule has 2 amide bonds. The average molecular weight is 407 g/mol. The van der Waals surface area contributed by atoms with Gasteiger partial charge in [0.25, 0.3) is 5.91 Å². The molecule has 2 heterocycles. The number of amides is 2. The molecule has 0 aliphatic carbocycles. The van der Waals surface area contributed by atoms with E-state index in [9.17, 15) is 9.59 Å². The summed E-state index contributed by atoms with van der Waals surface area (Å²) >= 11 is 0. The predicted octanol–water partition coefficient (Wildman–Crippen LogP) is 3.97. The Labute approximate surface area is 178 Å². The topological polar surface area (TPSA) is 49.9 Å². The molecule has 5 nitrogen and oxygen atoms in total. The smallest absolute Gasteiger partial charge is 0.253 e. The van der Waals surface area contributed by atoms with Crippen LogP contribution in [0.2, 0.25) is 0 Å². The van der Waals surface area contributed by atoms with E-state index in [1.807, 2.05) is 60.0 Å². The first-order valence-electron chi connectivity index (χ1n) is 10.7. The lowest BCUT2D eigenvalue weighted by Crippen LogP contribution is -2.44. The van der Waals surface area contributed by atoms with Gasteiger partial charge in [0, 0.05) is 43.6 Å². The average Bonchev–Trinajstić information content (AvgIpc) is 3.02. The number of carbonyl (C=O) groups is 2. The maximum Gasteiger partial charge on any atom is 0.253 e. The van der Waals surface area contributed by atoms with Crippen LogP contribution in [-0.4, -0.2) is 48.4 Å². The number of ether oxygens (including phenoxy) is 1. The summed E-state index contributed by atoms with van der Waals surface area (Å²) in [7, 11) is 1.65. The Morgan fingerprint density at radius 1 is 1.03 bits per heavy atom. The minimum atomic E-state index is 0.00283. The highest BCUT2D eigenvalue weighted by atomic mass is 16.5. The molecule has 0 saturated carbocycles. The van der Waals surface area contributed by atoms with Crippen LogP contribution in [0.1, 0.15) is 46.3 Å². The zero-order valence-electron chi connectivity index (χ0n) is 18.1. The molecule has 0 aromatic heterocycles. The number of methoxy groups -OCH3 is 1. The molecule has 5 heteroatoms. The molecule has 0 radical (unpaired) electrons. The standard InChI is InChI=1S/C25H30N2O3/c1-18-12-19(2)14-21(13-18)24(29)26-10-8-25(9-11-26)15-23(28)27(17-25)16-20-4-6-22(30-3)7-5-20/h4-7,12-14H,8-11,15-17H2,1-3H3. The van der Waals surface area contributed by atoms with Gasteiger partial charge in [0.05, 0.1) is 7.11 Å². The van der Waals surface area contributed by atoms with Crippen LogP contribution in [0.3, 0.4) is 0 Å². The molecule has 4 rings (SSSR count). The summed E-state index contributed by atoms with van der Waals surface area (Å²) < 4.78 is 5.21. The molecule has 2 fully saturated rings. The minimum absolute atomic E-state index is 0.00283. The highest BCUT2D eigenvalue weighted by Gasteiger charge is 2.45. The molecule has 2 aromatic carbocycles. The zero-order valence-corrected chi connectivity index (χ0v) is 18.1. The molecular weight excluding hydrogens is 376 g/mol. The lowest BCUT2D eigenvalue weighted by atomic mass is 9.77. The van der Waals surface area contributed by atoms with E-state index in [1.54, 1.807) is 7.11 Å². The molecule has 2 aromatic rings. The molecule has 2 aliphatic heterocycles. The number of nitrogens with zero attached hydrogens (tertiary/aromatic N) is 2. The van der Waals surface area contributed by atoms with Crippen LogP contribution in [0.5, 0.6) is 5.75 Å². The monoisotopic (exact) mass is 406 g/mol. The first kappa shape index (κ1) is 20.5. The number of piperidine rings is 1. The second-order valence-electron chi connectivity index (χ2n) is 8.94. The van der Waals surface area contributed by atoms with Crippen LogP contribution in [0, 0.1) is 19.3 Å². The number of hydrogen-bond donors (Lipinski definition) is 0. The second kappa shape index (κ2) is 8.13. The van der Waals surface area contributed by atoms with Gasteiger partial charge in [-0.1, -0.05) is 29.3 Å². The third kappa shape index (κ3) is 4.20. The fourth-order valence-corrected chi connectivity index (χ4v) is 4.88. The van der Waals surface area contributed by atoms with Crippen LogP contribution >= 0.6 is 0 Å². The largest absolute Gasteiger partial charge is 0.497 e. The summed E-state index contributed by atoms with van der Waals surface area (Å²) in [5.74, 6) is 1.15. The van der Waals surface area contributed by atoms with Gasteiger partial charge in [-0.2, -0.15) is 0 Å². The van der Waals surface area contributed by atoms with E-state index < -0.39 is 0 Å². The minimum Gasteiger partial charge on any atom is -0.497 e. The lowest BCUT2D eigenvalue weighted by molar-refractivity contribution is -0.128. The fraction of sp³-hybridized carbons (Fsp3) is 0.440. The number of aryl methyl sites for hydroxylation is 2. The molecule has 0 unspecified atom stereocenters. The van der Waals surface area contributed by atoms with Gasteiger partial charge in [0.1, 0.15) is 5.75 Å². The van der Waals surface area contributed by atoms with Gasteiger partial charge >= 0.3 is 0 Å². The van der Waals surface area contributed by atoms with Crippen LogP contribution in [0.15, 0.2) is 42.5 Å². The molecular formula is C25H30N2O3. The summed E-state index contributed by atoms with van der Waals surface area (Å²) in [6, 6.07) is 13.9. The Balaban J connectivity index is 1.38. The summed E-state index contributed by atoms with van der Waals surface area (Å²) in [6.07, 6.45) is 2.36. The van der Waals surface area contributed by atoms with Crippen molar-refractivity contribution in [2.75, 3.05) is 26.7 Å². The quantitative estimate of drug-likeness (QED) is 0.772. The Kier molecular flexibility index (Phi) is 5.54. The predicted molar refractivity (Wildman–Crippen MR) is 117 cm³/mol. The molecule has 0 bridgehead atoms. The van der Waals surface area contributed by atoms with Crippen molar-refractivity contribution in [3.8, 4) is 5.75 Å². The SMILES string of the molecule is COc1ccc(CN2CC3(CCN(C(=O)c4cc(C)cc(C)c4)CC3)CC2=O)cc1. The van der Waals surface area contributed by atoms with Gasteiger partial charge in [-0.25, -0.2) is 0 Å². The van der Waals surface area contributed by atoms with Crippen LogP contribution in [-0.2, 0) is 11.3 Å². The maximum absolute atomic E-state index is 13.0. The Hall–Kier alpha value is -2.82. The van der Waals surface area contributed by atoms with Crippen molar-refractivity contribution in [1.29, 1.82) is 0 Å².